The van der Waals surface area contributed by atoms with Crippen molar-refractivity contribution in [1.29, 1.82) is 0 Å². The van der Waals surface area contributed by atoms with E-state index in [2.05, 4.69) is 10.1 Å². The van der Waals surface area contributed by atoms with E-state index in [1.807, 2.05) is 0 Å². The number of rotatable bonds is 4. The quantitative estimate of drug-likeness (QED) is 0.795. The first-order chi connectivity index (χ1) is 11.1. The minimum atomic E-state index is -0.280. The maximum absolute atomic E-state index is 13.0. The monoisotopic (exact) mass is 336 g/mol. The van der Waals surface area contributed by atoms with E-state index in [9.17, 15) is 9.18 Å². The number of aromatic nitrogens is 3. The first kappa shape index (κ1) is 15.9. The normalized spacial score (nSPS) is 18.2. The van der Waals surface area contributed by atoms with Crippen LogP contribution in [0, 0.1) is 5.82 Å². The third-order valence-corrected chi connectivity index (χ3v) is 4.67. The molecule has 122 valence electrons. The van der Waals surface area contributed by atoms with E-state index in [1.54, 1.807) is 28.8 Å². The minimum absolute atomic E-state index is 0.0356. The van der Waals surface area contributed by atoms with Gasteiger partial charge in [-0.3, -0.25) is 4.79 Å². The number of halogens is 1. The zero-order valence-electron chi connectivity index (χ0n) is 12.7. The molecule has 2 heterocycles. The molecule has 0 spiro atoms. The lowest BCUT2D eigenvalue weighted by Crippen LogP contribution is -2.43. The topological polar surface area (TPSA) is 60.2 Å². The van der Waals surface area contributed by atoms with E-state index in [4.69, 9.17) is 4.74 Å². The second-order valence-electron chi connectivity index (χ2n) is 5.21. The van der Waals surface area contributed by atoms with E-state index < -0.39 is 0 Å². The zero-order valence-corrected chi connectivity index (χ0v) is 13.5. The largest absolute Gasteiger partial charge is 0.370 e. The zero-order chi connectivity index (χ0) is 16.2. The molecule has 1 amide bonds. The van der Waals surface area contributed by atoms with Crippen molar-refractivity contribution in [1.82, 2.24) is 19.7 Å². The van der Waals surface area contributed by atoms with Crippen LogP contribution in [0.15, 0.2) is 35.7 Å². The van der Waals surface area contributed by atoms with Gasteiger partial charge in [0, 0.05) is 13.6 Å². The average molecular weight is 336 g/mol. The van der Waals surface area contributed by atoms with Crippen molar-refractivity contribution in [3.05, 3.63) is 42.0 Å². The van der Waals surface area contributed by atoms with Crippen LogP contribution in [0.3, 0.4) is 0 Å². The minimum Gasteiger partial charge on any atom is -0.370 e. The van der Waals surface area contributed by atoms with Crippen LogP contribution in [0.25, 0.3) is 0 Å². The highest BCUT2D eigenvalue weighted by Crippen LogP contribution is 2.23. The van der Waals surface area contributed by atoms with Crippen molar-refractivity contribution in [2.45, 2.75) is 11.3 Å². The van der Waals surface area contributed by atoms with Gasteiger partial charge in [-0.25, -0.2) is 14.1 Å². The van der Waals surface area contributed by atoms with Crippen LogP contribution in [0.5, 0.6) is 0 Å². The van der Waals surface area contributed by atoms with Gasteiger partial charge in [-0.15, -0.1) is 0 Å². The summed E-state index contributed by atoms with van der Waals surface area (Å²) >= 11 is 1.36. The Kier molecular flexibility index (Phi) is 4.92. The van der Waals surface area contributed by atoms with Crippen LogP contribution in [-0.4, -0.2) is 51.0 Å². The van der Waals surface area contributed by atoms with Crippen molar-refractivity contribution in [3.8, 4) is 0 Å². The predicted molar refractivity (Wildman–Crippen MR) is 83.4 cm³/mol. The molecule has 0 bridgehead atoms. The number of morpholine rings is 1. The summed E-state index contributed by atoms with van der Waals surface area (Å²) in [6.07, 6.45) is 1.25. The Hall–Kier alpha value is -1.93. The number of nitrogens with zero attached hydrogens (tertiary/aromatic N) is 4. The van der Waals surface area contributed by atoms with Crippen LogP contribution in [-0.2, 0) is 16.6 Å². The summed E-state index contributed by atoms with van der Waals surface area (Å²) in [7, 11) is 1.79. The maximum Gasteiger partial charge on any atom is 0.233 e. The number of hydrogen-bond acceptors (Lipinski definition) is 5. The Morgan fingerprint density at radius 1 is 1.43 bits per heavy atom. The Morgan fingerprint density at radius 2 is 2.22 bits per heavy atom. The molecule has 1 aliphatic rings. The highest BCUT2D eigenvalue weighted by Gasteiger charge is 2.25. The van der Waals surface area contributed by atoms with Crippen LogP contribution in [0.1, 0.15) is 11.7 Å². The van der Waals surface area contributed by atoms with Gasteiger partial charge >= 0.3 is 0 Å². The van der Waals surface area contributed by atoms with Gasteiger partial charge in [-0.2, -0.15) is 5.10 Å². The smallest absolute Gasteiger partial charge is 0.233 e. The summed E-state index contributed by atoms with van der Waals surface area (Å²) in [5, 5.41) is 4.68. The summed E-state index contributed by atoms with van der Waals surface area (Å²) in [6, 6.07) is 6.21. The van der Waals surface area contributed by atoms with E-state index in [1.165, 1.54) is 30.2 Å². The van der Waals surface area contributed by atoms with Crippen molar-refractivity contribution >= 4 is 17.7 Å². The molecule has 2 aromatic rings. The van der Waals surface area contributed by atoms with Crippen LogP contribution < -0.4 is 0 Å². The summed E-state index contributed by atoms with van der Waals surface area (Å²) in [4.78, 5) is 18.2. The van der Waals surface area contributed by atoms with Crippen LogP contribution in [0.2, 0.25) is 0 Å². The van der Waals surface area contributed by atoms with Crippen LogP contribution in [0.4, 0.5) is 4.39 Å². The molecule has 23 heavy (non-hydrogen) atoms. The fourth-order valence-electron chi connectivity index (χ4n) is 2.39. The maximum atomic E-state index is 13.0. The second kappa shape index (κ2) is 7.10. The number of carbonyl (C=O) groups excluding carboxylic acids is 1. The number of amides is 1. The van der Waals surface area contributed by atoms with Crippen molar-refractivity contribution < 1.29 is 13.9 Å². The predicted octanol–water partition coefficient (Wildman–Crippen LogP) is 1.65. The number of hydrogen-bond donors (Lipinski definition) is 0. The molecule has 1 aromatic heterocycles. The number of thioether (sulfide) groups is 1. The number of ether oxygens (including phenoxy) is 1. The molecule has 1 saturated heterocycles. The van der Waals surface area contributed by atoms with Crippen molar-refractivity contribution in [3.63, 3.8) is 0 Å². The van der Waals surface area contributed by atoms with Gasteiger partial charge in [0.1, 0.15) is 18.2 Å². The average Bonchev–Trinajstić information content (AvgIpc) is 2.98. The van der Waals surface area contributed by atoms with E-state index in [0.29, 0.717) is 30.6 Å². The molecule has 8 heteroatoms. The SMILES string of the molecule is Cn1ncnc1SCC(=O)N1CCO[C@H](c2ccc(F)cc2)C1. The lowest BCUT2D eigenvalue weighted by atomic mass is 10.1. The molecular weight excluding hydrogens is 319 g/mol. The molecule has 3 rings (SSSR count). The van der Waals surface area contributed by atoms with Crippen molar-refractivity contribution in [2.24, 2.45) is 7.05 Å². The molecule has 0 aliphatic carbocycles. The summed E-state index contributed by atoms with van der Waals surface area (Å²) in [5.74, 6) is 0.0637. The molecule has 1 atom stereocenters. The first-order valence-corrected chi connectivity index (χ1v) is 8.23. The van der Waals surface area contributed by atoms with Gasteiger partial charge in [0.05, 0.1) is 18.9 Å². The fraction of sp³-hybridized carbons (Fsp3) is 0.400. The molecule has 0 unspecified atom stereocenters. The summed E-state index contributed by atoms with van der Waals surface area (Å²) < 4.78 is 20.3. The van der Waals surface area contributed by atoms with E-state index in [0.717, 1.165) is 5.56 Å². The molecule has 6 nitrogen and oxygen atoms in total. The third kappa shape index (κ3) is 3.89. The number of aryl methyl sites for hydroxylation is 1. The lowest BCUT2D eigenvalue weighted by Gasteiger charge is -2.33. The van der Waals surface area contributed by atoms with Gasteiger partial charge in [0.25, 0.3) is 0 Å². The molecule has 1 aliphatic heterocycles. The van der Waals surface area contributed by atoms with Gasteiger partial charge in [-0.1, -0.05) is 23.9 Å². The Morgan fingerprint density at radius 3 is 2.91 bits per heavy atom. The molecular formula is C15H17FN4O2S. The highest BCUT2D eigenvalue weighted by atomic mass is 32.2. The van der Waals surface area contributed by atoms with E-state index in [-0.39, 0.29) is 17.8 Å². The van der Waals surface area contributed by atoms with Gasteiger partial charge in [0.2, 0.25) is 5.91 Å². The Balaban J connectivity index is 1.58. The standard InChI is InChI=1S/C15H17FN4O2S/c1-19-15(17-10-18-19)23-9-14(21)20-6-7-22-13(8-20)11-2-4-12(16)5-3-11/h2-5,10,13H,6-9H2,1H3/t13-/m0/s1. The molecule has 1 aromatic carbocycles. The van der Waals surface area contributed by atoms with Crippen molar-refractivity contribution in [2.75, 3.05) is 25.4 Å². The number of carbonyl (C=O) groups is 1. The van der Waals surface area contributed by atoms with Gasteiger partial charge in [-0.05, 0) is 17.7 Å². The molecule has 0 saturated carbocycles. The van der Waals surface area contributed by atoms with Gasteiger partial charge in [0.15, 0.2) is 5.16 Å². The van der Waals surface area contributed by atoms with E-state index >= 15 is 0 Å². The summed E-state index contributed by atoms with van der Waals surface area (Å²) in [6.45, 7) is 1.52. The third-order valence-electron chi connectivity index (χ3n) is 3.66. The second-order valence-corrected chi connectivity index (χ2v) is 6.15. The summed E-state index contributed by atoms with van der Waals surface area (Å²) in [5.41, 5.74) is 0.879. The molecule has 0 N–H and O–H groups in total. The Bertz CT molecular complexity index is 676. The molecule has 1 fully saturated rings. The Labute approximate surface area is 137 Å². The lowest BCUT2D eigenvalue weighted by molar-refractivity contribution is -0.136. The fourth-order valence-corrected chi connectivity index (χ4v) is 3.18. The highest BCUT2D eigenvalue weighted by molar-refractivity contribution is 7.99. The van der Waals surface area contributed by atoms with Crippen LogP contribution >= 0.6 is 11.8 Å². The van der Waals surface area contributed by atoms with Gasteiger partial charge < -0.3 is 9.64 Å². The first-order valence-electron chi connectivity index (χ1n) is 7.25. The molecule has 0 radical (unpaired) electrons. The number of benzene rings is 1.